The van der Waals surface area contributed by atoms with Crippen LogP contribution in [0.15, 0.2) is 42.5 Å². The van der Waals surface area contributed by atoms with Gasteiger partial charge in [-0.15, -0.1) is 0 Å². The number of aryl methyl sites for hydroxylation is 1. The molecule has 3 rings (SSSR count). The van der Waals surface area contributed by atoms with Crippen LogP contribution in [0.25, 0.3) is 0 Å². The van der Waals surface area contributed by atoms with E-state index in [0.29, 0.717) is 30.1 Å². The highest BCUT2D eigenvalue weighted by atomic mass is 32.2. The monoisotopic (exact) mass is 378 g/mol. The maximum atomic E-state index is 12.8. The van der Waals surface area contributed by atoms with Crippen LogP contribution in [0.1, 0.15) is 12.0 Å². The number of halogens is 1. The summed E-state index contributed by atoms with van der Waals surface area (Å²) in [4.78, 5) is 12.0. The lowest BCUT2D eigenvalue weighted by molar-refractivity contribution is -0.118. The molecule has 0 aromatic heterocycles. The molecule has 26 heavy (non-hydrogen) atoms. The molecule has 0 unspecified atom stereocenters. The number of sulfonamides is 1. The van der Waals surface area contributed by atoms with E-state index in [0.717, 1.165) is 5.56 Å². The maximum absolute atomic E-state index is 12.8. The van der Waals surface area contributed by atoms with Gasteiger partial charge >= 0.3 is 0 Å². The lowest BCUT2D eigenvalue weighted by Crippen LogP contribution is -2.25. The second-order valence-corrected chi connectivity index (χ2v) is 8.04. The van der Waals surface area contributed by atoms with Crippen molar-refractivity contribution in [2.24, 2.45) is 0 Å². The van der Waals surface area contributed by atoms with Gasteiger partial charge in [-0.2, -0.15) is 0 Å². The normalized spacial score (nSPS) is 15.7. The van der Waals surface area contributed by atoms with Crippen molar-refractivity contribution < 1.29 is 22.3 Å². The first kappa shape index (κ1) is 18.2. The van der Waals surface area contributed by atoms with Crippen LogP contribution in [0, 0.1) is 12.7 Å². The Morgan fingerprint density at radius 1 is 1.23 bits per heavy atom. The summed E-state index contributed by atoms with van der Waals surface area (Å²) < 4.78 is 43.5. The fourth-order valence-electron chi connectivity index (χ4n) is 2.74. The summed E-state index contributed by atoms with van der Waals surface area (Å²) in [7, 11) is -3.24. The lowest BCUT2D eigenvalue weighted by atomic mass is 10.1. The topological polar surface area (TPSA) is 75.7 Å². The van der Waals surface area contributed by atoms with E-state index >= 15 is 0 Å². The van der Waals surface area contributed by atoms with Crippen LogP contribution < -0.4 is 14.4 Å². The molecule has 8 heteroatoms. The number of hydrogen-bond acceptors (Lipinski definition) is 4. The Hall–Kier alpha value is -2.61. The molecular formula is C18H19FN2O4S. The number of amides is 1. The molecular weight excluding hydrogens is 359 g/mol. The van der Waals surface area contributed by atoms with Gasteiger partial charge in [0.05, 0.1) is 11.4 Å². The molecule has 1 aliphatic heterocycles. The highest BCUT2D eigenvalue weighted by Crippen LogP contribution is 2.28. The molecule has 0 atom stereocenters. The first-order chi connectivity index (χ1) is 12.3. The van der Waals surface area contributed by atoms with Crippen LogP contribution >= 0.6 is 0 Å². The van der Waals surface area contributed by atoms with Gasteiger partial charge in [0, 0.05) is 12.2 Å². The minimum atomic E-state index is -3.24. The van der Waals surface area contributed by atoms with Gasteiger partial charge in [0.1, 0.15) is 11.6 Å². The largest absolute Gasteiger partial charge is 0.484 e. The van der Waals surface area contributed by atoms with E-state index in [1.807, 2.05) is 0 Å². The summed E-state index contributed by atoms with van der Waals surface area (Å²) in [6.07, 6.45) is 0.612. The van der Waals surface area contributed by atoms with Crippen LogP contribution in [0.4, 0.5) is 15.8 Å². The fourth-order valence-corrected chi connectivity index (χ4v) is 4.30. The van der Waals surface area contributed by atoms with E-state index in [4.69, 9.17) is 4.74 Å². The van der Waals surface area contributed by atoms with Gasteiger partial charge in [-0.25, -0.2) is 12.8 Å². The average molecular weight is 378 g/mol. The highest BCUT2D eigenvalue weighted by Gasteiger charge is 2.28. The fraction of sp³-hybridized carbons (Fsp3) is 0.278. The molecule has 1 heterocycles. The number of anilines is 2. The van der Waals surface area contributed by atoms with Gasteiger partial charge in [0.2, 0.25) is 10.0 Å². The number of ether oxygens (including phenoxy) is 1. The number of benzene rings is 2. The van der Waals surface area contributed by atoms with Gasteiger partial charge in [-0.05, 0) is 61.4 Å². The molecule has 6 nitrogen and oxygen atoms in total. The number of nitrogens with one attached hydrogen (secondary N) is 1. The van der Waals surface area contributed by atoms with E-state index in [1.165, 1.54) is 28.6 Å². The van der Waals surface area contributed by atoms with Crippen molar-refractivity contribution in [1.82, 2.24) is 0 Å². The molecule has 1 aliphatic rings. The van der Waals surface area contributed by atoms with Crippen molar-refractivity contribution in [3.63, 3.8) is 0 Å². The highest BCUT2D eigenvalue weighted by molar-refractivity contribution is 7.93. The van der Waals surface area contributed by atoms with Crippen LogP contribution in [0.5, 0.6) is 5.75 Å². The van der Waals surface area contributed by atoms with Crippen molar-refractivity contribution in [3.05, 3.63) is 53.8 Å². The van der Waals surface area contributed by atoms with E-state index in [1.54, 1.807) is 25.1 Å². The minimum absolute atomic E-state index is 0.158. The Morgan fingerprint density at radius 3 is 2.58 bits per heavy atom. The smallest absolute Gasteiger partial charge is 0.262 e. The number of carbonyl (C=O) groups excluding carboxylic acids is 1. The third-order valence-electron chi connectivity index (χ3n) is 4.05. The molecule has 1 saturated heterocycles. The predicted molar refractivity (Wildman–Crippen MR) is 97.5 cm³/mol. The van der Waals surface area contributed by atoms with Crippen molar-refractivity contribution in [3.8, 4) is 5.75 Å². The Balaban J connectivity index is 1.62. The number of carbonyl (C=O) groups is 1. The number of nitrogens with zero attached hydrogens (tertiary/aromatic N) is 1. The zero-order valence-electron chi connectivity index (χ0n) is 14.2. The molecule has 138 valence electrons. The molecule has 1 amide bonds. The van der Waals surface area contributed by atoms with Crippen molar-refractivity contribution in [2.75, 3.05) is 28.5 Å². The predicted octanol–water partition coefficient (Wildman–Crippen LogP) is 2.69. The van der Waals surface area contributed by atoms with Gasteiger partial charge < -0.3 is 10.1 Å². The molecule has 0 saturated carbocycles. The van der Waals surface area contributed by atoms with Crippen molar-refractivity contribution >= 4 is 27.3 Å². The van der Waals surface area contributed by atoms with Crippen molar-refractivity contribution in [1.29, 1.82) is 0 Å². The summed E-state index contributed by atoms with van der Waals surface area (Å²) in [6, 6.07) is 10.5. The van der Waals surface area contributed by atoms with Gasteiger partial charge in [0.15, 0.2) is 6.61 Å². The Kier molecular flexibility index (Phi) is 5.13. The van der Waals surface area contributed by atoms with Crippen LogP contribution in [-0.2, 0) is 14.8 Å². The van der Waals surface area contributed by atoms with Gasteiger partial charge in [-0.3, -0.25) is 9.10 Å². The molecule has 0 spiro atoms. The molecule has 1 N–H and O–H groups in total. The summed E-state index contributed by atoms with van der Waals surface area (Å²) in [5, 5.41) is 2.72. The van der Waals surface area contributed by atoms with E-state index in [-0.39, 0.29) is 24.1 Å². The van der Waals surface area contributed by atoms with Crippen LogP contribution in [0.2, 0.25) is 0 Å². The maximum Gasteiger partial charge on any atom is 0.262 e. The summed E-state index contributed by atoms with van der Waals surface area (Å²) in [5.74, 6) is -0.185. The first-order valence-corrected chi connectivity index (χ1v) is 9.75. The molecule has 2 aromatic carbocycles. The number of rotatable bonds is 5. The number of hydrogen-bond donors (Lipinski definition) is 1. The van der Waals surface area contributed by atoms with Gasteiger partial charge in [0.25, 0.3) is 5.91 Å². The van der Waals surface area contributed by atoms with Crippen LogP contribution in [-0.4, -0.2) is 33.2 Å². The molecule has 2 aromatic rings. The molecule has 1 fully saturated rings. The van der Waals surface area contributed by atoms with E-state index in [2.05, 4.69) is 5.32 Å². The van der Waals surface area contributed by atoms with E-state index in [9.17, 15) is 17.6 Å². The van der Waals surface area contributed by atoms with Crippen molar-refractivity contribution in [2.45, 2.75) is 13.3 Å². The first-order valence-electron chi connectivity index (χ1n) is 8.14. The molecule has 0 radical (unpaired) electrons. The summed E-state index contributed by atoms with van der Waals surface area (Å²) >= 11 is 0. The molecule has 0 bridgehead atoms. The molecule has 0 aliphatic carbocycles. The third kappa shape index (κ3) is 4.13. The second-order valence-electron chi connectivity index (χ2n) is 6.03. The zero-order valence-corrected chi connectivity index (χ0v) is 15.1. The Bertz CT molecular complexity index is 913. The summed E-state index contributed by atoms with van der Waals surface area (Å²) in [6.45, 7) is 2.05. The van der Waals surface area contributed by atoms with Crippen LogP contribution in [0.3, 0.4) is 0 Å². The Labute approximate surface area is 151 Å². The van der Waals surface area contributed by atoms with Gasteiger partial charge in [-0.1, -0.05) is 0 Å². The quantitative estimate of drug-likeness (QED) is 0.868. The Morgan fingerprint density at radius 2 is 1.96 bits per heavy atom. The standard InChI is InChI=1S/C18H19FN2O4S/c1-13-11-15(21-9-2-10-26(21,23)24)5-8-17(13)20-18(22)12-25-16-6-3-14(19)4-7-16/h3-8,11H,2,9-10,12H2,1H3,(H,20,22). The zero-order chi connectivity index (χ0) is 18.7. The summed E-state index contributed by atoms with van der Waals surface area (Å²) in [5.41, 5.74) is 1.93. The minimum Gasteiger partial charge on any atom is -0.484 e. The second kappa shape index (κ2) is 7.33. The SMILES string of the molecule is Cc1cc(N2CCCS2(=O)=O)ccc1NC(=O)COc1ccc(F)cc1. The third-order valence-corrected chi connectivity index (χ3v) is 5.92. The average Bonchev–Trinajstić information content (AvgIpc) is 2.95. The van der Waals surface area contributed by atoms with E-state index < -0.39 is 10.0 Å². The lowest BCUT2D eigenvalue weighted by Gasteiger charge is -2.18.